The second-order valence-corrected chi connectivity index (χ2v) is 20.9. The maximum atomic E-state index is 5.29. The molecule has 3 nitrogen and oxygen atoms in total. The highest BCUT2D eigenvalue weighted by molar-refractivity contribution is 6.84. The smallest absolute Gasteiger partial charge is 0.0428 e. The van der Waals surface area contributed by atoms with Crippen LogP contribution in [0.15, 0.2) is 24.4 Å². The van der Waals surface area contributed by atoms with E-state index in [0.717, 1.165) is 18.8 Å². The molecule has 0 aliphatic rings. The Balaban J connectivity index is 3.06. The van der Waals surface area contributed by atoms with Gasteiger partial charge in [0.05, 0.1) is 0 Å². The second-order valence-electron chi connectivity index (χ2n) is 11.0. The van der Waals surface area contributed by atoms with Crippen LogP contribution in [0.25, 0.3) is 9.96 Å². The number of pyridine rings is 1. The lowest BCUT2D eigenvalue weighted by molar-refractivity contribution is 0.528. The van der Waals surface area contributed by atoms with Crippen molar-refractivity contribution >= 4 is 16.5 Å². The van der Waals surface area contributed by atoms with Crippen LogP contribution in [0.2, 0.25) is 36.3 Å². The molecule has 0 amide bonds. The predicted octanol–water partition coefficient (Wildman–Crippen LogP) is 7.10. The molecule has 1 aromatic rings. The Kier molecular flexibility index (Phi) is 7.12. The van der Waals surface area contributed by atoms with Gasteiger partial charge in [-0.05, 0) is 17.5 Å². The van der Waals surface area contributed by atoms with Gasteiger partial charge in [-0.25, -0.2) is 0 Å². The van der Waals surface area contributed by atoms with E-state index in [1.165, 1.54) is 0 Å². The predicted molar refractivity (Wildman–Crippen MR) is 122 cm³/mol. The van der Waals surface area contributed by atoms with Crippen LogP contribution in [0.4, 0.5) is 0 Å². The van der Waals surface area contributed by atoms with Crippen LogP contribution in [0.5, 0.6) is 0 Å². The SMILES string of the molecule is CC(C[N-][Si](C)(C)C(C)(C)C)(C[N-][Si](C)(C)C(C)(C)C)c1ccccn1. The summed E-state index contributed by atoms with van der Waals surface area (Å²) in [7, 11) is -3.38. The van der Waals surface area contributed by atoms with E-state index in [4.69, 9.17) is 9.96 Å². The largest absolute Gasteiger partial charge is 0.664 e. The molecule has 0 fully saturated rings. The molecular weight excluding hydrogens is 350 g/mol. The molecule has 0 saturated carbocycles. The summed E-state index contributed by atoms with van der Waals surface area (Å²) in [4.78, 5) is 15.3. The molecule has 0 atom stereocenters. The van der Waals surface area contributed by atoms with Crippen molar-refractivity contribution in [2.45, 2.75) is 90.1 Å². The number of rotatable bonds is 7. The van der Waals surface area contributed by atoms with Crippen molar-refractivity contribution < 1.29 is 0 Å². The Bertz CT molecular complexity index is 539. The highest BCUT2D eigenvalue weighted by Gasteiger charge is 2.30. The van der Waals surface area contributed by atoms with Crippen molar-refractivity contribution in [2.75, 3.05) is 13.1 Å². The molecule has 0 radical (unpaired) electrons. The first-order chi connectivity index (χ1) is 11.5. The molecule has 5 heteroatoms. The van der Waals surface area contributed by atoms with E-state index >= 15 is 0 Å². The Morgan fingerprint density at radius 3 is 1.50 bits per heavy atom. The van der Waals surface area contributed by atoms with Gasteiger partial charge in [0.2, 0.25) is 0 Å². The van der Waals surface area contributed by atoms with Gasteiger partial charge >= 0.3 is 0 Å². The quantitative estimate of drug-likeness (QED) is 0.457. The third-order valence-corrected chi connectivity index (χ3v) is 15.8. The van der Waals surface area contributed by atoms with E-state index in [1.807, 2.05) is 12.3 Å². The Morgan fingerprint density at radius 1 is 0.769 bits per heavy atom. The van der Waals surface area contributed by atoms with Crippen LogP contribution in [-0.4, -0.2) is 34.5 Å². The standard InChI is InChI=1S/C21H41N3Si2/c1-19(2,3)25(8,9)23-16-21(7,18-14-12-13-15-22-18)17-24-26(10,11)20(4,5)6/h12-15H,16-17H2,1-11H3/q-2. The molecule has 0 aliphatic heterocycles. The maximum Gasteiger partial charge on any atom is 0.0428 e. The highest BCUT2D eigenvalue weighted by atomic mass is 28.3. The summed E-state index contributed by atoms with van der Waals surface area (Å²) < 4.78 is 0. The molecule has 1 rings (SSSR count). The zero-order valence-corrected chi connectivity index (χ0v) is 21.1. The summed E-state index contributed by atoms with van der Waals surface area (Å²) >= 11 is 0. The maximum absolute atomic E-state index is 5.29. The molecular formula is C21H41N3Si2-2. The Hall–Kier alpha value is -0.496. The normalized spacial score (nSPS) is 14.6. The van der Waals surface area contributed by atoms with Crippen molar-refractivity contribution in [1.29, 1.82) is 0 Å². The third-order valence-electron chi connectivity index (χ3n) is 6.60. The molecule has 0 spiro atoms. The summed E-state index contributed by atoms with van der Waals surface area (Å²) in [6.07, 6.45) is 1.90. The van der Waals surface area contributed by atoms with Crippen molar-refractivity contribution in [3.05, 3.63) is 40.1 Å². The Labute approximate surface area is 165 Å². The van der Waals surface area contributed by atoms with Gasteiger partial charge in [0.1, 0.15) is 0 Å². The Morgan fingerprint density at radius 2 is 1.19 bits per heavy atom. The van der Waals surface area contributed by atoms with Gasteiger partial charge in [-0.2, -0.15) is 0 Å². The van der Waals surface area contributed by atoms with Gasteiger partial charge in [0.15, 0.2) is 0 Å². The summed E-state index contributed by atoms with van der Waals surface area (Å²) in [6, 6.07) is 6.21. The first-order valence-corrected chi connectivity index (χ1v) is 15.7. The van der Waals surface area contributed by atoms with Crippen molar-refractivity contribution in [1.82, 2.24) is 4.98 Å². The molecule has 0 bridgehead atoms. The molecule has 0 aromatic carbocycles. The highest BCUT2D eigenvalue weighted by Crippen LogP contribution is 2.43. The molecule has 0 saturated heterocycles. The number of aromatic nitrogens is 1. The molecule has 1 aromatic heterocycles. The van der Waals surface area contributed by atoms with Crippen LogP contribution >= 0.6 is 0 Å². The average molecular weight is 392 g/mol. The van der Waals surface area contributed by atoms with E-state index in [2.05, 4.69) is 91.8 Å². The van der Waals surface area contributed by atoms with E-state index in [1.54, 1.807) is 0 Å². The zero-order valence-electron chi connectivity index (χ0n) is 19.1. The minimum atomic E-state index is -1.69. The molecule has 0 unspecified atom stereocenters. The first-order valence-electron chi connectivity index (χ1n) is 9.81. The van der Waals surface area contributed by atoms with E-state index in [9.17, 15) is 0 Å². The molecule has 0 aliphatic carbocycles. The van der Waals surface area contributed by atoms with Gasteiger partial charge in [-0.15, -0.1) is 13.1 Å². The van der Waals surface area contributed by atoms with Gasteiger partial charge in [0, 0.05) is 11.9 Å². The van der Waals surface area contributed by atoms with Crippen LogP contribution in [0.3, 0.4) is 0 Å². The van der Waals surface area contributed by atoms with Crippen molar-refractivity contribution in [3.8, 4) is 0 Å². The minimum Gasteiger partial charge on any atom is -0.664 e. The van der Waals surface area contributed by atoms with E-state index < -0.39 is 16.5 Å². The van der Waals surface area contributed by atoms with Gasteiger partial charge in [-0.3, -0.25) is 4.98 Å². The molecule has 0 N–H and O–H groups in total. The number of nitrogens with zero attached hydrogens (tertiary/aromatic N) is 3. The van der Waals surface area contributed by atoms with Gasteiger partial charge in [-0.1, -0.05) is 107 Å². The summed E-state index contributed by atoms with van der Waals surface area (Å²) in [5, 5.41) is 0.517. The molecule has 150 valence electrons. The minimum absolute atomic E-state index is 0.133. The van der Waals surface area contributed by atoms with E-state index in [-0.39, 0.29) is 15.5 Å². The van der Waals surface area contributed by atoms with Crippen LogP contribution in [0.1, 0.15) is 54.2 Å². The summed E-state index contributed by atoms with van der Waals surface area (Å²) in [5.74, 6) is 0. The van der Waals surface area contributed by atoms with Crippen molar-refractivity contribution in [3.63, 3.8) is 0 Å². The summed E-state index contributed by atoms with van der Waals surface area (Å²) in [5.41, 5.74) is 0.983. The van der Waals surface area contributed by atoms with Gasteiger partial charge < -0.3 is 9.96 Å². The monoisotopic (exact) mass is 391 g/mol. The third kappa shape index (κ3) is 5.75. The average Bonchev–Trinajstić information content (AvgIpc) is 2.50. The second kappa shape index (κ2) is 7.86. The van der Waals surface area contributed by atoms with Crippen LogP contribution in [-0.2, 0) is 5.41 Å². The first kappa shape index (κ1) is 23.5. The number of hydrogen-bond acceptors (Lipinski definition) is 1. The summed E-state index contributed by atoms with van der Waals surface area (Å²) in [6.45, 7) is 27.3. The molecule has 1 heterocycles. The fourth-order valence-corrected chi connectivity index (χ4v) is 4.59. The van der Waals surface area contributed by atoms with Gasteiger partial charge in [0.25, 0.3) is 0 Å². The fraction of sp³-hybridized carbons (Fsp3) is 0.762. The van der Waals surface area contributed by atoms with Crippen molar-refractivity contribution in [2.24, 2.45) is 0 Å². The topological polar surface area (TPSA) is 41.1 Å². The zero-order chi connectivity index (χ0) is 20.4. The van der Waals surface area contributed by atoms with Crippen LogP contribution in [0, 0.1) is 0 Å². The molecule has 26 heavy (non-hydrogen) atoms. The lowest BCUT2D eigenvalue weighted by Gasteiger charge is -2.56. The van der Waals surface area contributed by atoms with Crippen LogP contribution < -0.4 is 0 Å². The fourth-order valence-electron chi connectivity index (χ4n) is 2.15. The number of hydrogen-bond donors (Lipinski definition) is 0. The lowest BCUT2D eigenvalue weighted by Crippen LogP contribution is -2.44. The van der Waals surface area contributed by atoms with E-state index in [0.29, 0.717) is 0 Å². The lowest BCUT2D eigenvalue weighted by atomic mass is 9.86.